The molecule has 0 radical (unpaired) electrons. The molecule has 6 heteroatoms. The molecule has 2 aliphatic rings. The standard InChI is InChI=1S/C17H22FN3O2/c1-2-20-8-13-9-21(11-14(10-20)19-17(13)23)16(22)7-12-5-3-4-6-15(12)18/h3-6,13-14H,2,7-11H2,1H3,(H,19,23)/t13-,14+/m1/s1. The van der Waals surface area contributed by atoms with Crippen molar-refractivity contribution in [3.8, 4) is 0 Å². The lowest BCUT2D eigenvalue weighted by Crippen LogP contribution is -2.49. The molecule has 2 saturated heterocycles. The monoisotopic (exact) mass is 319 g/mol. The molecule has 0 aliphatic carbocycles. The largest absolute Gasteiger partial charge is 0.350 e. The van der Waals surface area contributed by atoms with Gasteiger partial charge in [-0.3, -0.25) is 9.59 Å². The number of carbonyl (C=O) groups is 2. The Balaban J connectivity index is 1.73. The molecule has 1 N–H and O–H groups in total. The van der Waals surface area contributed by atoms with Gasteiger partial charge in [-0.1, -0.05) is 25.1 Å². The fourth-order valence-corrected chi connectivity index (χ4v) is 3.37. The van der Waals surface area contributed by atoms with E-state index < -0.39 is 0 Å². The smallest absolute Gasteiger partial charge is 0.227 e. The van der Waals surface area contributed by atoms with Crippen LogP contribution < -0.4 is 5.32 Å². The number of carbonyl (C=O) groups excluding carboxylic acids is 2. The topological polar surface area (TPSA) is 52.7 Å². The van der Waals surface area contributed by atoms with Crippen LogP contribution in [0, 0.1) is 11.7 Å². The number of nitrogens with zero attached hydrogens (tertiary/aromatic N) is 2. The maximum absolute atomic E-state index is 13.7. The van der Waals surface area contributed by atoms with Crippen molar-refractivity contribution in [2.24, 2.45) is 5.92 Å². The number of hydrogen-bond donors (Lipinski definition) is 1. The van der Waals surface area contributed by atoms with Crippen LogP contribution >= 0.6 is 0 Å². The molecule has 124 valence electrons. The fraction of sp³-hybridized carbons (Fsp3) is 0.529. The molecule has 2 atom stereocenters. The van der Waals surface area contributed by atoms with Crippen LogP contribution in [0.15, 0.2) is 24.3 Å². The Kier molecular flexibility index (Phi) is 4.61. The number of hydrogen-bond acceptors (Lipinski definition) is 3. The molecular weight excluding hydrogens is 297 g/mol. The van der Waals surface area contributed by atoms with Crippen molar-refractivity contribution < 1.29 is 14.0 Å². The van der Waals surface area contributed by atoms with Gasteiger partial charge < -0.3 is 15.1 Å². The van der Waals surface area contributed by atoms with Gasteiger partial charge in [-0.15, -0.1) is 0 Å². The third kappa shape index (κ3) is 3.52. The minimum absolute atomic E-state index is 0.0205. The average molecular weight is 319 g/mol. The van der Waals surface area contributed by atoms with Crippen molar-refractivity contribution in [2.75, 3.05) is 32.7 Å². The molecule has 3 rings (SSSR count). The number of fused-ring (bicyclic) bond motifs is 3. The molecule has 0 aromatic heterocycles. The van der Waals surface area contributed by atoms with E-state index in [4.69, 9.17) is 0 Å². The Morgan fingerprint density at radius 1 is 1.26 bits per heavy atom. The van der Waals surface area contributed by atoms with Gasteiger partial charge in [0.2, 0.25) is 11.8 Å². The summed E-state index contributed by atoms with van der Waals surface area (Å²) in [5.41, 5.74) is 0.404. The van der Waals surface area contributed by atoms with Crippen LogP contribution in [0.5, 0.6) is 0 Å². The third-order valence-electron chi connectivity index (χ3n) is 4.66. The third-order valence-corrected chi connectivity index (χ3v) is 4.66. The van der Waals surface area contributed by atoms with Crippen molar-refractivity contribution in [1.82, 2.24) is 15.1 Å². The summed E-state index contributed by atoms with van der Waals surface area (Å²) in [6.45, 7) is 5.29. The van der Waals surface area contributed by atoms with Crippen LogP contribution in [0.2, 0.25) is 0 Å². The second-order valence-corrected chi connectivity index (χ2v) is 6.32. The summed E-state index contributed by atoms with van der Waals surface area (Å²) in [6.07, 6.45) is 0.0395. The first-order valence-corrected chi connectivity index (χ1v) is 8.10. The zero-order valence-corrected chi connectivity index (χ0v) is 13.3. The number of halogens is 1. The normalized spacial score (nSPS) is 25.0. The minimum Gasteiger partial charge on any atom is -0.350 e. The summed E-state index contributed by atoms with van der Waals surface area (Å²) < 4.78 is 13.7. The van der Waals surface area contributed by atoms with E-state index in [1.54, 1.807) is 23.1 Å². The predicted octanol–water partition coefficient (Wildman–Crippen LogP) is 0.647. The molecular formula is C17H22FN3O2. The molecule has 1 aromatic rings. The van der Waals surface area contributed by atoms with Crippen LogP contribution in [0.1, 0.15) is 12.5 Å². The second-order valence-electron chi connectivity index (χ2n) is 6.32. The van der Waals surface area contributed by atoms with Crippen LogP contribution in [0.3, 0.4) is 0 Å². The molecule has 1 aromatic carbocycles. The van der Waals surface area contributed by atoms with Crippen molar-refractivity contribution in [1.29, 1.82) is 0 Å². The SMILES string of the molecule is CCN1C[C@H]2CN(C(=O)Cc3ccccc3F)C[C@@H](C1)C(=O)N2. The average Bonchev–Trinajstić information content (AvgIpc) is 2.75. The van der Waals surface area contributed by atoms with Gasteiger partial charge in [-0.05, 0) is 18.2 Å². The summed E-state index contributed by atoms with van der Waals surface area (Å²) in [4.78, 5) is 28.7. The van der Waals surface area contributed by atoms with Crippen molar-refractivity contribution in [3.05, 3.63) is 35.6 Å². The Hall–Kier alpha value is -1.95. The van der Waals surface area contributed by atoms with E-state index in [-0.39, 0.29) is 36.0 Å². The van der Waals surface area contributed by atoms with Gasteiger partial charge in [0, 0.05) is 26.2 Å². The van der Waals surface area contributed by atoms with Gasteiger partial charge in [0.25, 0.3) is 0 Å². The van der Waals surface area contributed by atoms with E-state index in [1.165, 1.54) is 6.07 Å². The lowest BCUT2D eigenvalue weighted by Gasteiger charge is -2.32. The second kappa shape index (κ2) is 6.66. The van der Waals surface area contributed by atoms with E-state index in [2.05, 4.69) is 17.1 Å². The Labute approximate surface area is 135 Å². The molecule has 2 fully saturated rings. The molecule has 2 bridgehead atoms. The van der Waals surface area contributed by atoms with Crippen LogP contribution in [0.25, 0.3) is 0 Å². The van der Waals surface area contributed by atoms with Gasteiger partial charge in [-0.25, -0.2) is 4.39 Å². The molecule has 2 aliphatic heterocycles. The summed E-state index contributed by atoms with van der Waals surface area (Å²) >= 11 is 0. The highest BCUT2D eigenvalue weighted by atomic mass is 19.1. The first kappa shape index (κ1) is 15.9. The number of rotatable bonds is 3. The van der Waals surface area contributed by atoms with Crippen molar-refractivity contribution in [3.63, 3.8) is 0 Å². The fourth-order valence-electron chi connectivity index (χ4n) is 3.37. The van der Waals surface area contributed by atoms with Crippen molar-refractivity contribution in [2.45, 2.75) is 19.4 Å². The highest BCUT2D eigenvalue weighted by molar-refractivity contribution is 5.83. The first-order chi connectivity index (χ1) is 11.1. The summed E-state index contributed by atoms with van der Waals surface area (Å²) in [6, 6.07) is 6.28. The van der Waals surface area contributed by atoms with Gasteiger partial charge >= 0.3 is 0 Å². The Bertz CT molecular complexity index is 607. The predicted molar refractivity (Wildman–Crippen MR) is 84.2 cm³/mol. The summed E-state index contributed by atoms with van der Waals surface area (Å²) in [7, 11) is 0. The zero-order chi connectivity index (χ0) is 16.4. The maximum atomic E-state index is 13.7. The number of amides is 2. The van der Waals surface area contributed by atoms with Crippen molar-refractivity contribution >= 4 is 11.8 Å². The van der Waals surface area contributed by atoms with E-state index in [0.29, 0.717) is 25.2 Å². The number of likely N-dealkylation sites (N-methyl/N-ethyl adjacent to an activating group) is 1. The zero-order valence-electron chi connectivity index (χ0n) is 13.3. The van der Waals surface area contributed by atoms with Gasteiger partial charge in [-0.2, -0.15) is 0 Å². The Morgan fingerprint density at radius 2 is 2.04 bits per heavy atom. The number of nitrogens with one attached hydrogen (secondary N) is 1. The molecule has 0 unspecified atom stereocenters. The quantitative estimate of drug-likeness (QED) is 0.890. The molecule has 23 heavy (non-hydrogen) atoms. The van der Waals surface area contributed by atoms with E-state index in [1.807, 2.05) is 0 Å². The molecule has 0 spiro atoms. The van der Waals surface area contributed by atoms with E-state index in [0.717, 1.165) is 13.1 Å². The lowest BCUT2D eigenvalue weighted by atomic mass is 10.1. The molecule has 2 heterocycles. The van der Waals surface area contributed by atoms with Gasteiger partial charge in [0.15, 0.2) is 0 Å². The Morgan fingerprint density at radius 3 is 2.78 bits per heavy atom. The van der Waals surface area contributed by atoms with Gasteiger partial charge in [0.05, 0.1) is 18.4 Å². The lowest BCUT2D eigenvalue weighted by molar-refractivity contribution is -0.132. The highest BCUT2D eigenvalue weighted by Crippen LogP contribution is 2.17. The van der Waals surface area contributed by atoms with Crippen LogP contribution in [-0.2, 0) is 16.0 Å². The maximum Gasteiger partial charge on any atom is 0.227 e. The summed E-state index contributed by atoms with van der Waals surface area (Å²) in [5, 5.41) is 3.02. The first-order valence-electron chi connectivity index (χ1n) is 8.10. The van der Waals surface area contributed by atoms with E-state index >= 15 is 0 Å². The molecule has 5 nitrogen and oxygen atoms in total. The summed E-state index contributed by atoms with van der Waals surface area (Å²) in [5.74, 6) is -0.673. The minimum atomic E-state index is -0.359. The molecule has 2 amide bonds. The molecule has 0 saturated carbocycles. The van der Waals surface area contributed by atoms with Crippen LogP contribution in [-0.4, -0.2) is 60.4 Å². The van der Waals surface area contributed by atoms with Crippen LogP contribution in [0.4, 0.5) is 4.39 Å². The van der Waals surface area contributed by atoms with Gasteiger partial charge in [0.1, 0.15) is 5.82 Å². The van der Waals surface area contributed by atoms with E-state index in [9.17, 15) is 14.0 Å². The number of benzene rings is 1. The highest BCUT2D eigenvalue weighted by Gasteiger charge is 2.36.